The summed E-state index contributed by atoms with van der Waals surface area (Å²) in [5.41, 5.74) is -0.551. The van der Waals surface area contributed by atoms with Gasteiger partial charge in [0.25, 0.3) is 0 Å². The molecule has 6 heteroatoms. The number of benzene rings is 1. The minimum absolute atomic E-state index is 0.208. The maximum atomic E-state index is 12.4. The fourth-order valence-corrected chi connectivity index (χ4v) is 1.19. The van der Waals surface area contributed by atoms with Crippen LogP contribution in [0.3, 0.4) is 0 Å². The van der Waals surface area contributed by atoms with E-state index in [4.69, 9.17) is 10.6 Å². The summed E-state index contributed by atoms with van der Waals surface area (Å²) in [5.74, 6) is 5.24. The summed E-state index contributed by atoms with van der Waals surface area (Å²) in [6.07, 6.45) is -3.26. The largest absolute Gasteiger partial charge is 0.493 e. The Bertz CT molecular complexity index is 388. The van der Waals surface area contributed by atoms with Gasteiger partial charge in [0.15, 0.2) is 0 Å². The van der Waals surface area contributed by atoms with Crippen molar-refractivity contribution in [2.75, 3.05) is 6.61 Å². The molecular formula is C10H11F3N2O. The molecule has 1 rings (SSSR count). The van der Waals surface area contributed by atoms with Crippen molar-refractivity contribution in [1.29, 1.82) is 0 Å². The van der Waals surface area contributed by atoms with Gasteiger partial charge in [0.1, 0.15) is 5.75 Å². The third kappa shape index (κ3) is 2.88. The lowest BCUT2D eigenvalue weighted by Gasteiger charge is -2.11. The number of nitrogens with zero attached hydrogens (tertiary/aromatic N) is 1. The first kappa shape index (κ1) is 12.4. The Morgan fingerprint density at radius 3 is 2.62 bits per heavy atom. The Morgan fingerprint density at radius 2 is 2.12 bits per heavy atom. The van der Waals surface area contributed by atoms with Crippen molar-refractivity contribution in [3.05, 3.63) is 29.3 Å². The van der Waals surface area contributed by atoms with Gasteiger partial charge in [0.2, 0.25) is 0 Å². The third-order valence-corrected chi connectivity index (χ3v) is 1.85. The summed E-state index contributed by atoms with van der Waals surface area (Å²) in [5, 5.41) is 3.20. The lowest BCUT2D eigenvalue weighted by Crippen LogP contribution is -2.07. The van der Waals surface area contributed by atoms with E-state index in [2.05, 4.69) is 5.10 Å². The van der Waals surface area contributed by atoms with Crippen LogP contribution < -0.4 is 10.6 Å². The highest BCUT2D eigenvalue weighted by Crippen LogP contribution is 2.32. The zero-order valence-corrected chi connectivity index (χ0v) is 8.58. The molecule has 0 amide bonds. The molecule has 1 aromatic carbocycles. The first-order chi connectivity index (χ1) is 7.49. The molecule has 2 N–H and O–H groups in total. The average molecular weight is 232 g/mol. The van der Waals surface area contributed by atoms with E-state index in [9.17, 15) is 13.2 Å². The minimum Gasteiger partial charge on any atom is -0.493 e. The summed E-state index contributed by atoms with van der Waals surface area (Å²) in [6.45, 7) is 2.10. The van der Waals surface area contributed by atoms with Crippen molar-refractivity contribution in [1.82, 2.24) is 0 Å². The fraction of sp³-hybridized carbons (Fsp3) is 0.300. The quantitative estimate of drug-likeness (QED) is 0.494. The molecule has 0 bridgehead atoms. The Balaban J connectivity index is 3.17. The highest BCUT2D eigenvalue weighted by Gasteiger charge is 2.30. The van der Waals surface area contributed by atoms with E-state index in [0.29, 0.717) is 12.4 Å². The predicted molar refractivity (Wildman–Crippen MR) is 54.4 cm³/mol. The van der Waals surface area contributed by atoms with E-state index in [1.54, 1.807) is 6.92 Å². The zero-order chi connectivity index (χ0) is 12.2. The molecule has 3 nitrogen and oxygen atoms in total. The van der Waals surface area contributed by atoms with Crippen LogP contribution in [0.4, 0.5) is 13.2 Å². The van der Waals surface area contributed by atoms with E-state index in [-0.39, 0.29) is 5.56 Å². The van der Waals surface area contributed by atoms with Crippen molar-refractivity contribution >= 4 is 6.21 Å². The SMILES string of the molecule is CCOc1ccc(C(F)(F)F)cc1C=NN. The molecule has 0 aliphatic carbocycles. The molecular weight excluding hydrogens is 221 g/mol. The monoisotopic (exact) mass is 232 g/mol. The van der Waals surface area contributed by atoms with Crippen LogP contribution in [0.15, 0.2) is 23.3 Å². The standard InChI is InChI=1S/C10H11F3N2O/c1-2-16-9-4-3-8(10(11,12)13)5-7(9)6-15-14/h3-6H,2,14H2,1H3. The number of hydrazone groups is 1. The van der Waals surface area contributed by atoms with E-state index >= 15 is 0 Å². The normalized spacial score (nSPS) is 12.0. The van der Waals surface area contributed by atoms with Gasteiger partial charge in [-0.05, 0) is 25.1 Å². The maximum Gasteiger partial charge on any atom is 0.416 e. The molecule has 0 saturated carbocycles. The minimum atomic E-state index is -4.39. The van der Waals surface area contributed by atoms with E-state index in [1.807, 2.05) is 0 Å². The van der Waals surface area contributed by atoms with Gasteiger partial charge >= 0.3 is 6.18 Å². The topological polar surface area (TPSA) is 47.6 Å². The van der Waals surface area contributed by atoms with Crippen LogP contribution >= 0.6 is 0 Å². The second kappa shape index (κ2) is 4.87. The molecule has 0 saturated heterocycles. The van der Waals surface area contributed by atoms with Gasteiger partial charge in [-0.15, -0.1) is 0 Å². The number of ether oxygens (including phenoxy) is 1. The van der Waals surface area contributed by atoms with Gasteiger partial charge in [-0.3, -0.25) is 0 Å². The Kier molecular flexibility index (Phi) is 3.76. The van der Waals surface area contributed by atoms with Crippen molar-refractivity contribution in [2.45, 2.75) is 13.1 Å². The summed E-state index contributed by atoms with van der Waals surface area (Å²) in [4.78, 5) is 0. The molecule has 0 aromatic heterocycles. The summed E-state index contributed by atoms with van der Waals surface area (Å²) < 4.78 is 42.4. The molecule has 0 radical (unpaired) electrons. The van der Waals surface area contributed by atoms with Crippen LogP contribution in [0.5, 0.6) is 5.75 Å². The van der Waals surface area contributed by atoms with Crippen LogP contribution in [0.1, 0.15) is 18.1 Å². The molecule has 88 valence electrons. The van der Waals surface area contributed by atoms with E-state index in [0.717, 1.165) is 18.3 Å². The van der Waals surface area contributed by atoms with E-state index in [1.165, 1.54) is 6.07 Å². The molecule has 0 fully saturated rings. The Hall–Kier alpha value is -1.72. The van der Waals surface area contributed by atoms with Crippen LogP contribution in [-0.2, 0) is 6.18 Å². The first-order valence-corrected chi connectivity index (χ1v) is 4.56. The van der Waals surface area contributed by atoms with Crippen molar-refractivity contribution in [2.24, 2.45) is 10.9 Å². The smallest absolute Gasteiger partial charge is 0.416 e. The van der Waals surface area contributed by atoms with Crippen LogP contribution in [0.2, 0.25) is 0 Å². The average Bonchev–Trinajstić information content (AvgIpc) is 2.19. The number of nitrogens with two attached hydrogens (primary N) is 1. The second-order valence-electron chi connectivity index (χ2n) is 2.96. The van der Waals surface area contributed by atoms with Gasteiger partial charge in [-0.25, -0.2) is 0 Å². The van der Waals surface area contributed by atoms with Crippen molar-refractivity contribution in [3.8, 4) is 5.75 Å². The molecule has 0 aliphatic heterocycles. The summed E-state index contributed by atoms with van der Waals surface area (Å²) in [6, 6.07) is 3.16. The number of hydrogen-bond donors (Lipinski definition) is 1. The third-order valence-electron chi connectivity index (χ3n) is 1.85. The fourth-order valence-electron chi connectivity index (χ4n) is 1.19. The summed E-state index contributed by atoms with van der Waals surface area (Å²) in [7, 11) is 0. The highest BCUT2D eigenvalue weighted by atomic mass is 19.4. The van der Waals surface area contributed by atoms with Crippen molar-refractivity contribution in [3.63, 3.8) is 0 Å². The highest BCUT2D eigenvalue weighted by molar-refractivity contribution is 5.83. The lowest BCUT2D eigenvalue weighted by atomic mass is 10.1. The summed E-state index contributed by atoms with van der Waals surface area (Å²) >= 11 is 0. The second-order valence-corrected chi connectivity index (χ2v) is 2.96. The van der Waals surface area contributed by atoms with Gasteiger partial charge in [0, 0.05) is 5.56 Å². The molecule has 0 aliphatic rings. The molecule has 0 spiro atoms. The van der Waals surface area contributed by atoms with Crippen molar-refractivity contribution < 1.29 is 17.9 Å². The maximum absolute atomic E-state index is 12.4. The van der Waals surface area contributed by atoms with Gasteiger partial charge in [0.05, 0.1) is 18.4 Å². The molecule has 16 heavy (non-hydrogen) atoms. The predicted octanol–water partition coefficient (Wildman–Crippen LogP) is 2.40. The van der Waals surface area contributed by atoms with E-state index < -0.39 is 11.7 Å². The molecule has 1 aromatic rings. The van der Waals surface area contributed by atoms with Gasteiger partial charge < -0.3 is 10.6 Å². The molecule has 0 unspecified atom stereocenters. The Morgan fingerprint density at radius 1 is 1.44 bits per heavy atom. The first-order valence-electron chi connectivity index (χ1n) is 4.56. The molecule has 0 atom stereocenters. The number of halogens is 3. The molecule has 0 heterocycles. The van der Waals surface area contributed by atoms with Crippen LogP contribution in [-0.4, -0.2) is 12.8 Å². The van der Waals surface area contributed by atoms with Gasteiger partial charge in [-0.1, -0.05) is 0 Å². The number of hydrogen-bond acceptors (Lipinski definition) is 3. The number of alkyl halides is 3. The van der Waals surface area contributed by atoms with Gasteiger partial charge in [-0.2, -0.15) is 18.3 Å². The number of rotatable bonds is 3. The van der Waals surface area contributed by atoms with Crippen LogP contribution in [0.25, 0.3) is 0 Å². The van der Waals surface area contributed by atoms with Crippen LogP contribution in [0, 0.1) is 0 Å². The Labute approximate surface area is 90.7 Å². The zero-order valence-electron chi connectivity index (χ0n) is 8.58. The lowest BCUT2D eigenvalue weighted by molar-refractivity contribution is -0.137.